The van der Waals surface area contributed by atoms with Crippen LogP contribution in [-0.4, -0.2) is 26.0 Å². The Morgan fingerprint density at radius 3 is 2.38 bits per heavy atom. The van der Waals surface area contributed by atoms with E-state index in [4.69, 9.17) is 9.47 Å². The van der Waals surface area contributed by atoms with Gasteiger partial charge in [-0.15, -0.1) is 0 Å². The summed E-state index contributed by atoms with van der Waals surface area (Å²) in [5.74, 6) is 0.326. The van der Waals surface area contributed by atoms with Crippen molar-refractivity contribution in [3.63, 3.8) is 0 Å². The molecular weight excluding hydrogens is 268 g/mol. The predicted molar refractivity (Wildman–Crippen MR) is 79.4 cm³/mol. The second-order valence-electron chi connectivity index (χ2n) is 6.15. The number of hydrogen-bond donors (Lipinski definition) is 0. The van der Waals surface area contributed by atoms with Crippen molar-refractivity contribution >= 4 is 11.8 Å². The number of ketones is 1. The van der Waals surface area contributed by atoms with Crippen molar-refractivity contribution in [2.75, 3.05) is 14.2 Å². The van der Waals surface area contributed by atoms with E-state index in [1.54, 1.807) is 7.11 Å². The number of esters is 1. The molecule has 1 aromatic carbocycles. The van der Waals surface area contributed by atoms with Gasteiger partial charge in [0.1, 0.15) is 16.9 Å². The van der Waals surface area contributed by atoms with Crippen LogP contribution in [0.3, 0.4) is 0 Å². The van der Waals surface area contributed by atoms with E-state index >= 15 is 0 Å². The summed E-state index contributed by atoms with van der Waals surface area (Å²) in [6, 6.07) is 5.70. The van der Waals surface area contributed by atoms with Crippen LogP contribution in [0.1, 0.15) is 37.8 Å². The summed E-state index contributed by atoms with van der Waals surface area (Å²) in [4.78, 5) is 25.0. The van der Waals surface area contributed by atoms with Crippen LogP contribution >= 0.6 is 0 Å². The zero-order valence-electron chi connectivity index (χ0n) is 13.3. The van der Waals surface area contributed by atoms with Crippen molar-refractivity contribution in [3.05, 3.63) is 29.3 Å². The Morgan fingerprint density at radius 2 is 1.90 bits per heavy atom. The topological polar surface area (TPSA) is 52.6 Å². The number of aryl methyl sites for hydroxylation is 1. The van der Waals surface area contributed by atoms with Gasteiger partial charge in [0, 0.05) is 17.4 Å². The maximum atomic E-state index is 12.6. The third-order valence-corrected chi connectivity index (χ3v) is 4.84. The monoisotopic (exact) mass is 290 g/mol. The van der Waals surface area contributed by atoms with E-state index in [0.29, 0.717) is 18.6 Å². The maximum Gasteiger partial charge on any atom is 0.317 e. The fourth-order valence-electron chi connectivity index (χ4n) is 3.43. The second-order valence-corrected chi connectivity index (χ2v) is 6.15. The quantitative estimate of drug-likeness (QED) is 0.803. The average Bonchev–Trinajstić information content (AvgIpc) is 2.70. The summed E-state index contributed by atoms with van der Waals surface area (Å²) in [5.41, 5.74) is -0.0471. The van der Waals surface area contributed by atoms with E-state index in [9.17, 15) is 9.59 Å². The fourth-order valence-corrected chi connectivity index (χ4v) is 3.43. The highest BCUT2D eigenvalue weighted by Crippen LogP contribution is 2.55. The van der Waals surface area contributed by atoms with Gasteiger partial charge in [0.2, 0.25) is 0 Å². The lowest BCUT2D eigenvalue weighted by atomic mass is 9.63. The minimum atomic E-state index is -0.990. The first-order chi connectivity index (χ1) is 9.81. The highest BCUT2D eigenvalue weighted by atomic mass is 16.5. The predicted octanol–water partition coefficient (Wildman–Crippen LogP) is 2.80. The molecule has 1 atom stereocenters. The van der Waals surface area contributed by atoms with E-state index in [0.717, 1.165) is 11.1 Å². The SMILES string of the molecule is COC(=O)C1(c2cc(C)ccc2OC)CCC(=O)C1(C)C. The van der Waals surface area contributed by atoms with Gasteiger partial charge in [-0.05, 0) is 19.4 Å². The van der Waals surface area contributed by atoms with E-state index in [1.165, 1.54) is 7.11 Å². The van der Waals surface area contributed by atoms with Crippen LogP contribution in [0.2, 0.25) is 0 Å². The zero-order chi connectivity index (χ0) is 15.8. The molecule has 1 unspecified atom stereocenters. The Labute approximate surface area is 125 Å². The Kier molecular flexibility index (Phi) is 3.83. The lowest BCUT2D eigenvalue weighted by Crippen LogP contribution is -2.48. The number of methoxy groups -OCH3 is 2. The number of benzene rings is 1. The van der Waals surface area contributed by atoms with Gasteiger partial charge in [-0.25, -0.2) is 0 Å². The van der Waals surface area contributed by atoms with Crippen molar-refractivity contribution in [1.29, 1.82) is 0 Å². The molecule has 0 radical (unpaired) electrons. The number of carbonyl (C=O) groups is 2. The molecule has 4 heteroatoms. The number of rotatable bonds is 3. The Hall–Kier alpha value is -1.84. The van der Waals surface area contributed by atoms with Crippen molar-refractivity contribution in [2.24, 2.45) is 5.41 Å². The molecular formula is C17H22O4. The van der Waals surface area contributed by atoms with Crippen LogP contribution < -0.4 is 4.74 Å². The van der Waals surface area contributed by atoms with Gasteiger partial charge < -0.3 is 9.47 Å². The molecule has 0 aromatic heterocycles. The number of ether oxygens (including phenoxy) is 2. The van der Waals surface area contributed by atoms with Gasteiger partial charge in [0.25, 0.3) is 0 Å². The van der Waals surface area contributed by atoms with Gasteiger partial charge >= 0.3 is 5.97 Å². The minimum Gasteiger partial charge on any atom is -0.496 e. The highest BCUT2D eigenvalue weighted by molar-refractivity contribution is 5.99. The molecule has 114 valence electrons. The van der Waals surface area contributed by atoms with E-state index in [-0.39, 0.29) is 11.8 Å². The van der Waals surface area contributed by atoms with Crippen LogP contribution in [0.5, 0.6) is 5.75 Å². The first kappa shape index (κ1) is 15.5. The van der Waals surface area contributed by atoms with Crippen molar-refractivity contribution in [1.82, 2.24) is 0 Å². The van der Waals surface area contributed by atoms with E-state index in [1.807, 2.05) is 39.0 Å². The summed E-state index contributed by atoms with van der Waals surface area (Å²) in [6.07, 6.45) is 0.824. The molecule has 2 rings (SSSR count). The smallest absolute Gasteiger partial charge is 0.317 e. The van der Waals surface area contributed by atoms with Crippen LogP contribution in [-0.2, 0) is 19.7 Å². The third-order valence-electron chi connectivity index (χ3n) is 4.84. The summed E-state index contributed by atoms with van der Waals surface area (Å²) in [5, 5.41) is 0. The van der Waals surface area contributed by atoms with Gasteiger partial charge in [0.05, 0.1) is 14.2 Å². The van der Waals surface area contributed by atoms with E-state index in [2.05, 4.69) is 0 Å². The lowest BCUT2D eigenvalue weighted by molar-refractivity contribution is -0.153. The van der Waals surface area contributed by atoms with Crippen LogP contribution in [0.25, 0.3) is 0 Å². The molecule has 0 amide bonds. The van der Waals surface area contributed by atoms with E-state index < -0.39 is 10.8 Å². The maximum absolute atomic E-state index is 12.6. The Morgan fingerprint density at radius 1 is 1.24 bits per heavy atom. The van der Waals surface area contributed by atoms with Crippen LogP contribution in [0.4, 0.5) is 0 Å². The number of carbonyl (C=O) groups excluding carboxylic acids is 2. The van der Waals surface area contributed by atoms with Crippen molar-refractivity contribution < 1.29 is 19.1 Å². The Bertz CT molecular complexity index is 588. The summed E-state index contributed by atoms with van der Waals surface area (Å²) in [7, 11) is 2.94. The van der Waals surface area contributed by atoms with Crippen LogP contribution in [0.15, 0.2) is 18.2 Å². The van der Waals surface area contributed by atoms with Crippen LogP contribution in [0, 0.1) is 12.3 Å². The normalized spacial score (nSPS) is 24.0. The highest BCUT2D eigenvalue weighted by Gasteiger charge is 2.61. The van der Waals surface area contributed by atoms with Crippen molar-refractivity contribution in [3.8, 4) is 5.75 Å². The molecule has 1 fully saturated rings. The molecule has 1 aromatic rings. The third kappa shape index (κ3) is 2.04. The first-order valence-electron chi connectivity index (χ1n) is 7.08. The zero-order valence-corrected chi connectivity index (χ0v) is 13.3. The minimum absolute atomic E-state index is 0.0801. The molecule has 1 saturated carbocycles. The summed E-state index contributed by atoms with van der Waals surface area (Å²) >= 11 is 0. The molecule has 21 heavy (non-hydrogen) atoms. The standard InChI is InChI=1S/C17H22O4/c1-11-6-7-13(20-4)12(10-11)17(15(19)21-5)9-8-14(18)16(17,2)3/h6-7,10H,8-9H2,1-5H3. The Balaban J connectivity index is 2.77. The molecule has 0 saturated heterocycles. The second kappa shape index (κ2) is 5.17. The molecule has 1 aliphatic carbocycles. The number of Topliss-reactive ketones (excluding diaryl/α,β-unsaturated/α-hetero) is 1. The van der Waals surface area contributed by atoms with Gasteiger partial charge in [0.15, 0.2) is 0 Å². The molecule has 0 aliphatic heterocycles. The molecule has 1 aliphatic rings. The number of hydrogen-bond acceptors (Lipinski definition) is 4. The largest absolute Gasteiger partial charge is 0.496 e. The fraction of sp³-hybridized carbons (Fsp3) is 0.529. The lowest BCUT2D eigenvalue weighted by Gasteiger charge is -2.38. The van der Waals surface area contributed by atoms with Gasteiger partial charge in [-0.1, -0.05) is 31.5 Å². The molecule has 0 N–H and O–H groups in total. The molecule has 0 bridgehead atoms. The molecule has 0 heterocycles. The van der Waals surface area contributed by atoms with Crippen molar-refractivity contribution in [2.45, 2.75) is 39.0 Å². The molecule has 4 nitrogen and oxygen atoms in total. The summed E-state index contributed by atoms with van der Waals surface area (Å²) in [6.45, 7) is 5.60. The summed E-state index contributed by atoms with van der Waals surface area (Å²) < 4.78 is 10.5. The molecule has 0 spiro atoms. The first-order valence-corrected chi connectivity index (χ1v) is 7.08. The average molecular weight is 290 g/mol. The van der Waals surface area contributed by atoms with Gasteiger partial charge in [-0.2, -0.15) is 0 Å². The van der Waals surface area contributed by atoms with Gasteiger partial charge in [-0.3, -0.25) is 9.59 Å².